The fourth-order valence-corrected chi connectivity index (χ4v) is 1.90. The molecule has 0 aliphatic carbocycles. The standard InChI is InChI=1S/C14H16ClN3O/c1-2-17-14(13-9-16-6-7-18-13)10-19-12-5-3-4-11(15)8-12/h3-9,14,17H,2,10H2,1H3. The average molecular weight is 278 g/mol. The zero-order chi connectivity index (χ0) is 13.5. The van der Waals surface area contributed by atoms with Gasteiger partial charge in [-0.25, -0.2) is 0 Å². The minimum Gasteiger partial charge on any atom is -0.491 e. The highest BCUT2D eigenvalue weighted by molar-refractivity contribution is 6.30. The summed E-state index contributed by atoms with van der Waals surface area (Å²) in [4.78, 5) is 8.37. The number of nitrogens with zero attached hydrogens (tertiary/aromatic N) is 2. The lowest BCUT2D eigenvalue weighted by Gasteiger charge is -2.17. The molecule has 1 aromatic heterocycles. The van der Waals surface area contributed by atoms with Crippen LogP contribution in [0.2, 0.25) is 5.02 Å². The topological polar surface area (TPSA) is 47.0 Å². The molecule has 100 valence electrons. The molecule has 5 heteroatoms. The Bertz CT molecular complexity index is 507. The molecule has 1 heterocycles. The normalized spacial score (nSPS) is 12.1. The van der Waals surface area contributed by atoms with E-state index in [0.29, 0.717) is 11.6 Å². The molecule has 1 N–H and O–H groups in total. The Morgan fingerprint density at radius 1 is 1.37 bits per heavy atom. The maximum Gasteiger partial charge on any atom is 0.120 e. The zero-order valence-electron chi connectivity index (χ0n) is 10.7. The van der Waals surface area contributed by atoms with Gasteiger partial charge in [0.1, 0.15) is 12.4 Å². The van der Waals surface area contributed by atoms with Gasteiger partial charge in [0.2, 0.25) is 0 Å². The minimum atomic E-state index is 0.0117. The summed E-state index contributed by atoms with van der Waals surface area (Å²) < 4.78 is 5.74. The Kier molecular flexibility index (Phi) is 5.12. The van der Waals surface area contributed by atoms with Crippen molar-refractivity contribution in [3.63, 3.8) is 0 Å². The first-order valence-electron chi connectivity index (χ1n) is 6.17. The maximum absolute atomic E-state index is 5.92. The Morgan fingerprint density at radius 3 is 2.95 bits per heavy atom. The lowest BCUT2D eigenvalue weighted by Crippen LogP contribution is -2.27. The third-order valence-electron chi connectivity index (χ3n) is 2.60. The van der Waals surface area contributed by atoms with Crippen LogP contribution >= 0.6 is 11.6 Å². The summed E-state index contributed by atoms with van der Waals surface area (Å²) in [6, 6.07) is 7.37. The summed E-state index contributed by atoms with van der Waals surface area (Å²) in [7, 11) is 0. The molecule has 2 rings (SSSR count). The van der Waals surface area contributed by atoms with Gasteiger partial charge in [0.15, 0.2) is 0 Å². The first-order valence-corrected chi connectivity index (χ1v) is 6.55. The van der Waals surface area contributed by atoms with Crippen molar-refractivity contribution >= 4 is 11.6 Å². The number of halogens is 1. The molecule has 0 aliphatic heterocycles. The monoisotopic (exact) mass is 277 g/mol. The van der Waals surface area contributed by atoms with Gasteiger partial charge in [-0.1, -0.05) is 24.6 Å². The van der Waals surface area contributed by atoms with Crippen molar-refractivity contribution in [3.05, 3.63) is 53.6 Å². The summed E-state index contributed by atoms with van der Waals surface area (Å²) in [5.41, 5.74) is 0.867. The van der Waals surface area contributed by atoms with E-state index in [0.717, 1.165) is 18.0 Å². The van der Waals surface area contributed by atoms with Crippen LogP contribution in [0.25, 0.3) is 0 Å². The Hall–Kier alpha value is -1.65. The van der Waals surface area contributed by atoms with E-state index in [-0.39, 0.29) is 6.04 Å². The third-order valence-corrected chi connectivity index (χ3v) is 2.84. The van der Waals surface area contributed by atoms with E-state index in [1.165, 1.54) is 0 Å². The largest absolute Gasteiger partial charge is 0.491 e. The quantitative estimate of drug-likeness (QED) is 0.882. The zero-order valence-corrected chi connectivity index (χ0v) is 11.5. The fourth-order valence-electron chi connectivity index (χ4n) is 1.72. The number of hydrogen-bond acceptors (Lipinski definition) is 4. The number of benzene rings is 1. The molecule has 0 fully saturated rings. The number of nitrogens with one attached hydrogen (secondary N) is 1. The SMILES string of the molecule is CCNC(COc1cccc(Cl)c1)c1cnccn1. The Labute approximate surface area is 117 Å². The predicted octanol–water partition coefficient (Wildman–Crippen LogP) is 2.86. The molecule has 0 spiro atoms. The molecular formula is C14H16ClN3O. The predicted molar refractivity (Wildman–Crippen MR) is 75.4 cm³/mol. The molecule has 0 amide bonds. The van der Waals surface area contributed by atoms with Crippen LogP contribution in [0.5, 0.6) is 5.75 Å². The highest BCUT2D eigenvalue weighted by atomic mass is 35.5. The van der Waals surface area contributed by atoms with Crippen LogP contribution in [0.4, 0.5) is 0 Å². The van der Waals surface area contributed by atoms with Crippen molar-refractivity contribution in [1.82, 2.24) is 15.3 Å². The molecule has 2 aromatic rings. The van der Waals surface area contributed by atoms with Crippen LogP contribution in [0.3, 0.4) is 0 Å². The van der Waals surface area contributed by atoms with Crippen molar-refractivity contribution in [2.75, 3.05) is 13.2 Å². The molecule has 0 bridgehead atoms. The molecule has 1 atom stereocenters. The van der Waals surface area contributed by atoms with Crippen molar-refractivity contribution in [2.45, 2.75) is 13.0 Å². The molecule has 0 saturated carbocycles. The lowest BCUT2D eigenvalue weighted by molar-refractivity contribution is 0.265. The number of ether oxygens (including phenoxy) is 1. The molecule has 4 nitrogen and oxygen atoms in total. The van der Waals surface area contributed by atoms with Gasteiger partial charge in [-0.15, -0.1) is 0 Å². The van der Waals surface area contributed by atoms with Crippen molar-refractivity contribution in [2.24, 2.45) is 0 Å². The smallest absolute Gasteiger partial charge is 0.120 e. The Morgan fingerprint density at radius 2 is 2.26 bits per heavy atom. The van der Waals surface area contributed by atoms with Gasteiger partial charge < -0.3 is 10.1 Å². The molecule has 0 saturated heterocycles. The molecule has 0 aliphatic rings. The molecule has 19 heavy (non-hydrogen) atoms. The molecule has 1 unspecified atom stereocenters. The Balaban J connectivity index is 2.01. The van der Waals surface area contributed by atoms with E-state index < -0.39 is 0 Å². The van der Waals surface area contributed by atoms with Gasteiger partial charge >= 0.3 is 0 Å². The number of hydrogen-bond donors (Lipinski definition) is 1. The van der Waals surface area contributed by atoms with E-state index in [2.05, 4.69) is 15.3 Å². The number of likely N-dealkylation sites (N-methyl/N-ethyl adjacent to an activating group) is 1. The van der Waals surface area contributed by atoms with Gasteiger partial charge in [0.25, 0.3) is 0 Å². The van der Waals surface area contributed by atoms with Gasteiger partial charge in [0.05, 0.1) is 17.9 Å². The first-order chi connectivity index (χ1) is 9.29. The van der Waals surface area contributed by atoms with Crippen LogP contribution in [0.15, 0.2) is 42.9 Å². The fraction of sp³-hybridized carbons (Fsp3) is 0.286. The van der Waals surface area contributed by atoms with Crippen molar-refractivity contribution in [1.29, 1.82) is 0 Å². The van der Waals surface area contributed by atoms with Crippen LogP contribution in [-0.4, -0.2) is 23.1 Å². The highest BCUT2D eigenvalue weighted by Gasteiger charge is 2.12. The number of aromatic nitrogens is 2. The van der Waals surface area contributed by atoms with E-state index in [1.807, 2.05) is 25.1 Å². The molecular weight excluding hydrogens is 262 g/mol. The second-order valence-electron chi connectivity index (χ2n) is 4.01. The highest BCUT2D eigenvalue weighted by Crippen LogP contribution is 2.19. The van der Waals surface area contributed by atoms with Crippen LogP contribution in [0, 0.1) is 0 Å². The second kappa shape index (κ2) is 7.07. The summed E-state index contributed by atoms with van der Waals surface area (Å²) in [5.74, 6) is 0.749. The average Bonchev–Trinajstić information content (AvgIpc) is 2.44. The van der Waals surface area contributed by atoms with Crippen molar-refractivity contribution in [3.8, 4) is 5.75 Å². The summed E-state index contributed by atoms with van der Waals surface area (Å²) in [5, 5.41) is 3.99. The van der Waals surface area contributed by atoms with E-state index in [1.54, 1.807) is 24.7 Å². The number of rotatable bonds is 6. The van der Waals surface area contributed by atoms with E-state index in [4.69, 9.17) is 16.3 Å². The van der Waals surface area contributed by atoms with Gasteiger partial charge in [-0.2, -0.15) is 0 Å². The summed E-state index contributed by atoms with van der Waals surface area (Å²) in [6.45, 7) is 3.36. The molecule has 1 aromatic carbocycles. The van der Waals surface area contributed by atoms with Gasteiger partial charge in [-0.05, 0) is 24.7 Å². The van der Waals surface area contributed by atoms with Gasteiger partial charge in [-0.3, -0.25) is 9.97 Å². The summed E-state index contributed by atoms with van der Waals surface area (Å²) in [6.07, 6.45) is 5.08. The van der Waals surface area contributed by atoms with Gasteiger partial charge in [0, 0.05) is 17.4 Å². The van der Waals surface area contributed by atoms with Crippen LogP contribution in [0.1, 0.15) is 18.7 Å². The maximum atomic E-state index is 5.92. The summed E-state index contributed by atoms with van der Waals surface area (Å²) >= 11 is 5.92. The first kappa shape index (κ1) is 13.8. The third kappa shape index (κ3) is 4.19. The lowest BCUT2D eigenvalue weighted by atomic mass is 10.2. The molecule has 0 radical (unpaired) electrons. The second-order valence-corrected chi connectivity index (χ2v) is 4.45. The van der Waals surface area contributed by atoms with Crippen LogP contribution < -0.4 is 10.1 Å². The van der Waals surface area contributed by atoms with Crippen molar-refractivity contribution < 1.29 is 4.74 Å². The van der Waals surface area contributed by atoms with E-state index >= 15 is 0 Å². The van der Waals surface area contributed by atoms with E-state index in [9.17, 15) is 0 Å². The minimum absolute atomic E-state index is 0.0117. The van der Waals surface area contributed by atoms with Crippen LogP contribution in [-0.2, 0) is 0 Å².